The molecule has 0 amide bonds. The van der Waals surface area contributed by atoms with Crippen molar-refractivity contribution in [3.05, 3.63) is 59.8 Å². The molecule has 3 rings (SSSR count). The zero-order valence-corrected chi connectivity index (χ0v) is 13.4. The number of aliphatic hydroxyl groups excluding tert-OH is 1. The summed E-state index contributed by atoms with van der Waals surface area (Å²) in [7, 11) is 0. The van der Waals surface area contributed by atoms with E-state index < -0.39 is 0 Å². The van der Waals surface area contributed by atoms with Crippen molar-refractivity contribution in [2.45, 2.75) is 18.9 Å². The van der Waals surface area contributed by atoms with Gasteiger partial charge < -0.3 is 25.6 Å². The molecule has 126 valence electrons. The van der Waals surface area contributed by atoms with Crippen molar-refractivity contribution in [2.24, 2.45) is 0 Å². The summed E-state index contributed by atoms with van der Waals surface area (Å²) in [6, 6.07) is 12.7. The summed E-state index contributed by atoms with van der Waals surface area (Å²) in [4.78, 5) is 3.25. The van der Waals surface area contributed by atoms with Gasteiger partial charge in [0, 0.05) is 29.2 Å². The van der Waals surface area contributed by atoms with Gasteiger partial charge in [-0.3, -0.25) is 0 Å². The second-order valence-corrected chi connectivity index (χ2v) is 5.96. The minimum Gasteiger partial charge on any atom is -0.508 e. The van der Waals surface area contributed by atoms with Gasteiger partial charge in [0.05, 0.1) is 6.61 Å². The van der Waals surface area contributed by atoms with E-state index in [1.165, 1.54) is 17.0 Å². The molecule has 5 heteroatoms. The van der Waals surface area contributed by atoms with Crippen molar-refractivity contribution in [2.75, 3.05) is 13.2 Å². The third-order valence-corrected chi connectivity index (χ3v) is 4.26. The van der Waals surface area contributed by atoms with Crippen LogP contribution in [-0.4, -0.2) is 39.5 Å². The molecule has 2 aromatic carbocycles. The maximum atomic E-state index is 9.80. The fourth-order valence-corrected chi connectivity index (χ4v) is 2.94. The second-order valence-electron chi connectivity index (χ2n) is 5.96. The van der Waals surface area contributed by atoms with E-state index in [2.05, 4.69) is 16.4 Å². The van der Waals surface area contributed by atoms with Crippen LogP contribution >= 0.6 is 0 Å². The molecule has 1 atom stereocenters. The number of aliphatic hydroxyl groups is 1. The van der Waals surface area contributed by atoms with Gasteiger partial charge in [-0.2, -0.15) is 0 Å². The largest absolute Gasteiger partial charge is 0.508 e. The minimum atomic E-state index is -0.0523. The van der Waals surface area contributed by atoms with Crippen LogP contribution in [0.2, 0.25) is 0 Å². The number of nitrogens with one attached hydrogen (secondary N) is 2. The predicted molar refractivity (Wildman–Crippen MR) is 94.4 cm³/mol. The van der Waals surface area contributed by atoms with Crippen molar-refractivity contribution in [3.8, 4) is 11.5 Å². The summed E-state index contributed by atoms with van der Waals surface area (Å²) in [5.41, 5.74) is 3.03. The highest BCUT2D eigenvalue weighted by atomic mass is 16.3. The van der Waals surface area contributed by atoms with Crippen LogP contribution < -0.4 is 5.32 Å². The van der Waals surface area contributed by atoms with Crippen LogP contribution in [0, 0.1) is 0 Å². The number of rotatable bonds is 7. The van der Waals surface area contributed by atoms with Gasteiger partial charge >= 0.3 is 0 Å². The standard InChI is InChI=1S/C19H22N2O3/c22-12-15(9-14-11-21-18-4-2-1-3-17(14)18)20-8-7-13-5-6-16(23)10-19(13)24/h1-6,10-11,15,20-24H,7-9,12H2/t15-/m0/s1. The Labute approximate surface area is 140 Å². The first-order chi connectivity index (χ1) is 11.7. The van der Waals surface area contributed by atoms with Crippen LogP contribution in [-0.2, 0) is 12.8 Å². The normalized spacial score (nSPS) is 12.5. The molecular weight excluding hydrogens is 304 g/mol. The highest BCUT2D eigenvalue weighted by Gasteiger charge is 2.12. The number of hydrogen-bond acceptors (Lipinski definition) is 4. The van der Waals surface area contributed by atoms with E-state index in [4.69, 9.17) is 0 Å². The van der Waals surface area contributed by atoms with Crippen molar-refractivity contribution in [1.29, 1.82) is 0 Å². The molecule has 0 aliphatic carbocycles. The molecule has 1 heterocycles. The summed E-state index contributed by atoms with van der Waals surface area (Å²) in [5, 5.41) is 33.2. The zero-order valence-electron chi connectivity index (χ0n) is 13.4. The Morgan fingerprint density at radius 3 is 2.67 bits per heavy atom. The van der Waals surface area contributed by atoms with Crippen molar-refractivity contribution < 1.29 is 15.3 Å². The van der Waals surface area contributed by atoms with Crippen LogP contribution in [0.4, 0.5) is 0 Å². The fourth-order valence-electron chi connectivity index (χ4n) is 2.94. The molecule has 24 heavy (non-hydrogen) atoms. The third kappa shape index (κ3) is 3.69. The van der Waals surface area contributed by atoms with Gasteiger partial charge in [0.2, 0.25) is 0 Å². The average molecular weight is 326 g/mol. The van der Waals surface area contributed by atoms with Crippen LogP contribution in [0.1, 0.15) is 11.1 Å². The van der Waals surface area contributed by atoms with E-state index in [9.17, 15) is 15.3 Å². The number of aromatic amines is 1. The van der Waals surface area contributed by atoms with E-state index in [0.717, 1.165) is 17.5 Å². The number of para-hydroxylation sites is 1. The van der Waals surface area contributed by atoms with Crippen molar-refractivity contribution in [1.82, 2.24) is 10.3 Å². The van der Waals surface area contributed by atoms with Gasteiger partial charge in [0.25, 0.3) is 0 Å². The second kappa shape index (κ2) is 7.38. The Bertz CT molecular complexity index is 813. The molecule has 0 radical (unpaired) electrons. The topological polar surface area (TPSA) is 88.5 Å². The zero-order chi connectivity index (χ0) is 16.9. The van der Waals surface area contributed by atoms with Gasteiger partial charge in [-0.05, 0) is 42.6 Å². The fraction of sp³-hybridized carbons (Fsp3) is 0.263. The number of aromatic nitrogens is 1. The number of phenolic OH excluding ortho intramolecular Hbond substituents is 2. The van der Waals surface area contributed by atoms with Gasteiger partial charge in [-0.25, -0.2) is 0 Å². The first kappa shape index (κ1) is 16.4. The monoisotopic (exact) mass is 326 g/mol. The molecule has 0 aliphatic rings. The Morgan fingerprint density at radius 1 is 1.04 bits per heavy atom. The number of hydrogen-bond donors (Lipinski definition) is 5. The molecule has 5 nitrogen and oxygen atoms in total. The molecule has 0 spiro atoms. The lowest BCUT2D eigenvalue weighted by Crippen LogP contribution is -2.35. The van der Waals surface area contributed by atoms with Gasteiger partial charge in [-0.1, -0.05) is 24.3 Å². The molecule has 0 saturated heterocycles. The highest BCUT2D eigenvalue weighted by Crippen LogP contribution is 2.23. The minimum absolute atomic E-state index is 0.0427. The molecular formula is C19H22N2O3. The Hall–Kier alpha value is -2.50. The summed E-state index contributed by atoms with van der Waals surface area (Å²) in [6.45, 7) is 0.674. The summed E-state index contributed by atoms with van der Waals surface area (Å²) in [6.07, 6.45) is 3.33. The highest BCUT2D eigenvalue weighted by molar-refractivity contribution is 5.83. The van der Waals surface area contributed by atoms with Gasteiger partial charge in [0.1, 0.15) is 11.5 Å². The van der Waals surface area contributed by atoms with Gasteiger partial charge in [0.15, 0.2) is 0 Å². The summed E-state index contributed by atoms with van der Waals surface area (Å²) >= 11 is 0. The lowest BCUT2D eigenvalue weighted by molar-refractivity contribution is 0.242. The van der Waals surface area contributed by atoms with Crippen LogP contribution in [0.5, 0.6) is 11.5 Å². The summed E-state index contributed by atoms with van der Waals surface area (Å²) in [5.74, 6) is 0.144. The average Bonchev–Trinajstić information content (AvgIpc) is 2.99. The van der Waals surface area contributed by atoms with E-state index in [-0.39, 0.29) is 24.1 Å². The van der Waals surface area contributed by atoms with E-state index in [1.807, 2.05) is 24.4 Å². The van der Waals surface area contributed by atoms with Crippen molar-refractivity contribution >= 4 is 10.9 Å². The van der Waals surface area contributed by atoms with Crippen LogP contribution in [0.3, 0.4) is 0 Å². The molecule has 0 fully saturated rings. The van der Waals surface area contributed by atoms with E-state index >= 15 is 0 Å². The van der Waals surface area contributed by atoms with E-state index in [0.29, 0.717) is 13.0 Å². The molecule has 3 aromatic rings. The Balaban J connectivity index is 1.59. The first-order valence-electron chi connectivity index (χ1n) is 8.07. The number of benzene rings is 2. The van der Waals surface area contributed by atoms with E-state index in [1.54, 1.807) is 12.1 Å². The lowest BCUT2D eigenvalue weighted by atomic mass is 10.0. The molecule has 0 aliphatic heterocycles. The SMILES string of the molecule is OC[C@H](Cc1c[nH]c2ccccc12)NCCc1ccc(O)cc1O. The van der Waals surface area contributed by atoms with Gasteiger partial charge in [-0.15, -0.1) is 0 Å². The maximum Gasteiger partial charge on any atom is 0.122 e. The maximum absolute atomic E-state index is 9.80. The first-order valence-corrected chi connectivity index (χ1v) is 8.07. The van der Waals surface area contributed by atoms with Crippen molar-refractivity contribution in [3.63, 3.8) is 0 Å². The van der Waals surface area contributed by atoms with Crippen LogP contribution in [0.15, 0.2) is 48.7 Å². The Kier molecular flexibility index (Phi) is 5.03. The molecule has 0 saturated carbocycles. The molecule has 1 aromatic heterocycles. The Morgan fingerprint density at radius 2 is 1.88 bits per heavy atom. The number of phenols is 2. The van der Waals surface area contributed by atoms with Crippen LogP contribution in [0.25, 0.3) is 10.9 Å². The molecule has 5 N–H and O–H groups in total. The molecule has 0 bridgehead atoms. The lowest BCUT2D eigenvalue weighted by Gasteiger charge is -2.16. The quantitative estimate of drug-likeness (QED) is 0.461. The number of H-pyrrole nitrogens is 1. The number of aromatic hydroxyl groups is 2. The smallest absolute Gasteiger partial charge is 0.122 e. The third-order valence-electron chi connectivity index (χ3n) is 4.26. The predicted octanol–water partition coefficient (Wildman–Crippen LogP) is 2.31. The summed E-state index contributed by atoms with van der Waals surface area (Å²) < 4.78 is 0. The molecule has 0 unspecified atom stereocenters. The number of fused-ring (bicyclic) bond motifs is 1.